The molecular formula is C18H20ClNO2S. The van der Waals surface area contributed by atoms with Gasteiger partial charge >= 0.3 is 0 Å². The number of carbonyl (C=O) groups is 1. The third-order valence-corrected chi connectivity index (χ3v) is 4.55. The van der Waals surface area contributed by atoms with Crippen LogP contribution < -0.4 is 10.1 Å². The van der Waals surface area contributed by atoms with Crippen molar-refractivity contribution in [2.24, 2.45) is 0 Å². The summed E-state index contributed by atoms with van der Waals surface area (Å²) in [5.41, 5.74) is 2.03. The maximum Gasteiger partial charge on any atom is 0.230 e. The number of hydrogen-bond acceptors (Lipinski definition) is 3. The minimum Gasteiger partial charge on any atom is -0.494 e. The zero-order chi connectivity index (χ0) is 16.5. The Morgan fingerprint density at radius 2 is 1.83 bits per heavy atom. The zero-order valence-electron chi connectivity index (χ0n) is 13.0. The SMILES string of the molecule is CCOc1ccccc1CNC(=O)CSCc1ccccc1Cl. The lowest BCUT2D eigenvalue weighted by molar-refractivity contribution is -0.118. The van der Waals surface area contributed by atoms with Gasteiger partial charge < -0.3 is 10.1 Å². The van der Waals surface area contributed by atoms with E-state index in [1.165, 1.54) is 0 Å². The number of halogens is 1. The average Bonchev–Trinajstić information content (AvgIpc) is 2.56. The van der Waals surface area contributed by atoms with Crippen LogP contribution in [0.3, 0.4) is 0 Å². The molecule has 1 amide bonds. The number of thioether (sulfide) groups is 1. The first-order valence-corrected chi connectivity index (χ1v) is 9.02. The molecule has 0 unspecified atom stereocenters. The fraction of sp³-hybridized carbons (Fsp3) is 0.278. The summed E-state index contributed by atoms with van der Waals surface area (Å²) in [4.78, 5) is 12.0. The fourth-order valence-corrected chi connectivity index (χ4v) is 3.20. The van der Waals surface area contributed by atoms with Gasteiger partial charge in [0.25, 0.3) is 0 Å². The second kappa shape index (κ2) is 9.48. The van der Waals surface area contributed by atoms with E-state index in [0.29, 0.717) is 18.9 Å². The van der Waals surface area contributed by atoms with Crippen molar-refractivity contribution in [3.8, 4) is 5.75 Å². The van der Waals surface area contributed by atoms with E-state index in [1.807, 2.05) is 55.5 Å². The molecule has 0 aliphatic heterocycles. The highest BCUT2D eigenvalue weighted by molar-refractivity contribution is 7.99. The fourth-order valence-electron chi connectivity index (χ4n) is 2.06. The van der Waals surface area contributed by atoms with Gasteiger partial charge in [0.15, 0.2) is 0 Å². The van der Waals surface area contributed by atoms with Gasteiger partial charge in [0.05, 0.1) is 12.4 Å². The van der Waals surface area contributed by atoms with E-state index in [-0.39, 0.29) is 5.91 Å². The van der Waals surface area contributed by atoms with E-state index >= 15 is 0 Å². The van der Waals surface area contributed by atoms with Crippen molar-refractivity contribution in [1.29, 1.82) is 0 Å². The van der Waals surface area contributed by atoms with Gasteiger partial charge in [-0.2, -0.15) is 0 Å². The molecule has 0 saturated carbocycles. The number of carbonyl (C=O) groups excluding carboxylic acids is 1. The molecule has 1 N–H and O–H groups in total. The predicted molar refractivity (Wildman–Crippen MR) is 97.1 cm³/mol. The van der Waals surface area contributed by atoms with Crippen molar-refractivity contribution in [1.82, 2.24) is 5.32 Å². The normalized spacial score (nSPS) is 10.3. The highest BCUT2D eigenvalue weighted by atomic mass is 35.5. The first-order chi connectivity index (χ1) is 11.2. The molecule has 0 bridgehead atoms. The van der Waals surface area contributed by atoms with Crippen molar-refractivity contribution < 1.29 is 9.53 Å². The first-order valence-electron chi connectivity index (χ1n) is 7.49. The topological polar surface area (TPSA) is 38.3 Å². The lowest BCUT2D eigenvalue weighted by Crippen LogP contribution is -2.24. The lowest BCUT2D eigenvalue weighted by Gasteiger charge is -2.11. The van der Waals surface area contributed by atoms with Crippen LogP contribution in [0.15, 0.2) is 48.5 Å². The summed E-state index contributed by atoms with van der Waals surface area (Å²) < 4.78 is 5.55. The molecule has 5 heteroatoms. The van der Waals surface area contributed by atoms with Crippen LogP contribution in [0.2, 0.25) is 5.02 Å². The molecule has 0 radical (unpaired) electrons. The van der Waals surface area contributed by atoms with E-state index < -0.39 is 0 Å². The Hall–Kier alpha value is -1.65. The number of nitrogens with one attached hydrogen (secondary N) is 1. The van der Waals surface area contributed by atoms with E-state index in [2.05, 4.69) is 5.32 Å². The molecule has 0 atom stereocenters. The standard InChI is InChI=1S/C18H20ClNO2S/c1-2-22-17-10-6-4-7-14(17)11-20-18(21)13-23-12-15-8-3-5-9-16(15)19/h3-10H,2,11-13H2,1H3,(H,20,21). The van der Waals surface area contributed by atoms with Crippen molar-refractivity contribution in [2.75, 3.05) is 12.4 Å². The molecule has 0 fully saturated rings. The van der Waals surface area contributed by atoms with E-state index in [9.17, 15) is 4.79 Å². The van der Waals surface area contributed by atoms with E-state index in [0.717, 1.165) is 27.7 Å². The van der Waals surface area contributed by atoms with E-state index in [4.69, 9.17) is 16.3 Å². The Morgan fingerprint density at radius 1 is 1.13 bits per heavy atom. The molecule has 2 aromatic carbocycles. The third kappa shape index (κ3) is 5.81. The summed E-state index contributed by atoms with van der Waals surface area (Å²) in [6.45, 7) is 3.03. The summed E-state index contributed by atoms with van der Waals surface area (Å²) in [5.74, 6) is 1.96. The molecule has 0 aliphatic carbocycles. The number of amides is 1. The van der Waals surface area contributed by atoms with Crippen LogP contribution in [-0.2, 0) is 17.1 Å². The molecule has 2 rings (SSSR count). The molecule has 0 heterocycles. The summed E-state index contributed by atoms with van der Waals surface area (Å²) >= 11 is 7.65. The Kier molecular flexibility index (Phi) is 7.30. The number of rotatable bonds is 8. The lowest BCUT2D eigenvalue weighted by atomic mass is 10.2. The molecule has 3 nitrogen and oxygen atoms in total. The Labute approximate surface area is 146 Å². The minimum atomic E-state index is 0.00774. The number of hydrogen-bond donors (Lipinski definition) is 1. The monoisotopic (exact) mass is 349 g/mol. The maximum atomic E-state index is 12.0. The van der Waals surface area contributed by atoms with E-state index in [1.54, 1.807) is 11.8 Å². The van der Waals surface area contributed by atoms with Crippen LogP contribution in [0.1, 0.15) is 18.1 Å². The second-order valence-corrected chi connectivity index (χ2v) is 6.29. The van der Waals surface area contributed by atoms with Gasteiger partial charge in [-0.05, 0) is 24.6 Å². The van der Waals surface area contributed by atoms with Crippen LogP contribution in [-0.4, -0.2) is 18.3 Å². The third-order valence-electron chi connectivity index (χ3n) is 3.20. The summed E-state index contributed by atoms with van der Waals surface area (Å²) in [7, 11) is 0. The smallest absolute Gasteiger partial charge is 0.230 e. The van der Waals surface area contributed by atoms with Gasteiger partial charge in [-0.1, -0.05) is 48.0 Å². The van der Waals surface area contributed by atoms with Crippen molar-refractivity contribution in [3.05, 3.63) is 64.7 Å². The average molecular weight is 350 g/mol. The van der Waals surface area contributed by atoms with Crippen LogP contribution in [0.25, 0.3) is 0 Å². The molecule has 0 aliphatic rings. The molecular weight excluding hydrogens is 330 g/mol. The molecule has 23 heavy (non-hydrogen) atoms. The van der Waals surface area contributed by atoms with Gasteiger partial charge in [0.1, 0.15) is 5.75 Å². The van der Waals surface area contributed by atoms with Gasteiger partial charge in [-0.3, -0.25) is 4.79 Å². The second-order valence-electron chi connectivity index (χ2n) is 4.90. The van der Waals surface area contributed by atoms with Gasteiger partial charge in [-0.15, -0.1) is 11.8 Å². The molecule has 0 aromatic heterocycles. The summed E-state index contributed by atoms with van der Waals surface area (Å²) in [5, 5.41) is 3.67. The quantitative estimate of drug-likeness (QED) is 0.772. The Balaban J connectivity index is 1.76. The largest absolute Gasteiger partial charge is 0.494 e. The number of ether oxygens (including phenoxy) is 1. The van der Waals surface area contributed by atoms with Crippen LogP contribution in [0.4, 0.5) is 0 Å². The van der Waals surface area contributed by atoms with Gasteiger partial charge in [0, 0.05) is 22.9 Å². The number of benzene rings is 2. The maximum absolute atomic E-state index is 12.0. The molecule has 0 saturated heterocycles. The number of para-hydroxylation sites is 1. The van der Waals surface area contributed by atoms with Crippen LogP contribution in [0, 0.1) is 0 Å². The van der Waals surface area contributed by atoms with Crippen LogP contribution in [0.5, 0.6) is 5.75 Å². The van der Waals surface area contributed by atoms with Crippen LogP contribution >= 0.6 is 23.4 Å². The van der Waals surface area contributed by atoms with Crippen molar-refractivity contribution in [2.45, 2.75) is 19.2 Å². The highest BCUT2D eigenvalue weighted by Crippen LogP contribution is 2.21. The summed E-state index contributed by atoms with van der Waals surface area (Å²) in [6.07, 6.45) is 0. The molecule has 0 spiro atoms. The molecule has 2 aromatic rings. The Morgan fingerprint density at radius 3 is 2.57 bits per heavy atom. The zero-order valence-corrected chi connectivity index (χ0v) is 14.6. The first kappa shape index (κ1) is 17.7. The van der Waals surface area contributed by atoms with Crippen molar-refractivity contribution in [3.63, 3.8) is 0 Å². The van der Waals surface area contributed by atoms with Gasteiger partial charge in [-0.25, -0.2) is 0 Å². The minimum absolute atomic E-state index is 0.00774. The molecule has 122 valence electrons. The predicted octanol–water partition coefficient (Wildman–Crippen LogP) is 4.29. The van der Waals surface area contributed by atoms with Crippen molar-refractivity contribution >= 4 is 29.3 Å². The highest BCUT2D eigenvalue weighted by Gasteiger charge is 2.06. The summed E-state index contributed by atoms with van der Waals surface area (Å²) in [6, 6.07) is 15.4. The Bertz CT molecular complexity index is 648. The van der Waals surface area contributed by atoms with Gasteiger partial charge in [0.2, 0.25) is 5.91 Å².